The zero-order valence-electron chi connectivity index (χ0n) is 12.3. The van der Waals surface area contributed by atoms with Crippen LogP contribution in [0.1, 0.15) is 37.3 Å². The van der Waals surface area contributed by atoms with Gasteiger partial charge < -0.3 is 15.5 Å². The number of nitrogens with one attached hydrogen (secondary N) is 2. The van der Waals surface area contributed by atoms with Gasteiger partial charge in [-0.2, -0.15) is 4.98 Å². The van der Waals surface area contributed by atoms with E-state index in [2.05, 4.69) is 20.7 Å². The summed E-state index contributed by atoms with van der Waals surface area (Å²) in [7, 11) is 0. The van der Waals surface area contributed by atoms with Gasteiger partial charge in [-0.15, -0.1) is 5.10 Å². The minimum absolute atomic E-state index is 0.0274. The van der Waals surface area contributed by atoms with Crippen molar-refractivity contribution in [3.8, 4) is 0 Å². The van der Waals surface area contributed by atoms with Crippen LogP contribution in [-0.4, -0.2) is 56.7 Å². The molecule has 1 aromatic rings. The maximum absolute atomic E-state index is 12.2. The van der Waals surface area contributed by atoms with Crippen LogP contribution in [0.5, 0.6) is 0 Å². The molecule has 0 aliphatic carbocycles. The molecule has 0 spiro atoms. The Morgan fingerprint density at radius 1 is 1.43 bits per heavy atom. The molecule has 0 bridgehead atoms. The van der Waals surface area contributed by atoms with Crippen molar-refractivity contribution in [1.29, 1.82) is 0 Å². The van der Waals surface area contributed by atoms with Gasteiger partial charge in [0.2, 0.25) is 17.7 Å². The smallest absolute Gasteiger partial charge is 0.291 e. The summed E-state index contributed by atoms with van der Waals surface area (Å²) in [4.78, 5) is 30.3. The SMILES string of the molecule is CC(C)N1CCC(NC(=O)c2nc3n(n2)CCCN3)C1=O. The Labute approximate surface area is 122 Å². The average molecular weight is 292 g/mol. The van der Waals surface area contributed by atoms with E-state index in [0.717, 1.165) is 19.5 Å². The van der Waals surface area contributed by atoms with Gasteiger partial charge in [0, 0.05) is 25.7 Å². The molecule has 0 saturated carbocycles. The van der Waals surface area contributed by atoms with Crippen LogP contribution in [0.25, 0.3) is 0 Å². The number of hydrogen-bond acceptors (Lipinski definition) is 5. The lowest BCUT2D eigenvalue weighted by Crippen LogP contribution is -2.43. The van der Waals surface area contributed by atoms with E-state index >= 15 is 0 Å². The number of carbonyl (C=O) groups is 2. The molecule has 8 nitrogen and oxygen atoms in total. The molecule has 1 unspecified atom stereocenters. The van der Waals surface area contributed by atoms with Crippen molar-refractivity contribution in [3.05, 3.63) is 5.82 Å². The second-order valence-corrected chi connectivity index (χ2v) is 5.70. The number of aromatic nitrogens is 3. The third kappa shape index (κ3) is 2.57. The van der Waals surface area contributed by atoms with Gasteiger partial charge in [0.05, 0.1) is 0 Å². The topological polar surface area (TPSA) is 92.2 Å². The summed E-state index contributed by atoms with van der Waals surface area (Å²) in [5, 5.41) is 10.0. The number of anilines is 1. The fraction of sp³-hybridized carbons (Fsp3) is 0.692. The quantitative estimate of drug-likeness (QED) is 0.807. The Kier molecular flexibility index (Phi) is 3.52. The number of carbonyl (C=O) groups excluding carboxylic acids is 2. The lowest BCUT2D eigenvalue weighted by molar-refractivity contribution is -0.130. The van der Waals surface area contributed by atoms with Gasteiger partial charge >= 0.3 is 0 Å². The zero-order chi connectivity index (χ0) is 15.0. The molecule has 114 valence electrons. The second-order valence-electron chi connectivity index (χ2n) is 5.70. The largest absolute Gasteiger partial charge is 0.354 e. The van der Waals surface area contributed by atoms with E-state index in [4.69, 9.17) is 0 Å². The molecular formula is C13H20N6O2. The van der Waals surface area contributed by atoms with Crippen molar-refractivity contribution in [1.82, 2.24) is 25.0 Å². The number of rotatable bonds is 3. The minimum atomic E-state index is -0.464. The average Bonchev–Trinajstić information content (AvgIpc) is 3.03. The number of aryl methyl sites for hydroxylation is 1. The van der Waals surface area contributed by atoms with Crippen LogP contribution in [0.15, 0.2) is 0 Å². The Bertz CT molecular complexity index is 544. The Morgan fingerprint density at radius 2 is 2.24 bits per heavy atom. The normalized spacial score (nSPS) is 21.4. The van der Waals surface area contributed by atoms with Crippen LogP contribution >= 0.6 is 0 Å². The maximum atomic E-state index is 12.2. The van der Waals surface area contributed by atoms with Gasteiger partial charge in [-0.3, -0.25) is 9.59 Å². The van der Waals surface area contributed by atoms with Gasteiger partial charge in [0.25, 0.3) is 5.91 Å². The van der Waals surface area contributed by atoms with E-state index in [1.165, 1.54) is 0 Å². The molecule has 1 aromatic heterocycles. The predicted octanol–water partition coefficient (Wildman–Crippen LogP) is -0.167. The standard InChI is InChI=1S/C13H20N6O2/c1-8(2)18-7-4-9(12(18)21)15-11(20)10-16-13-14-5-3-6-19(13)17-10/h8-9H,3-7H2,1-2H3,(H,15,20)(H,14,16,17). The van der Waals surface area contributed by atoms with E-state index in [-0.39, 0.29) is 23.7 Å². The summed E-state index contributed by atoms with van der Waals surface area (Å²) in [6.07, 6.45) is 1.59. The van der Waals surface area contributed by atoms with E-state index in [0.29, 0.717) is 18.9 Å². The van der Waals surface area contributed by atoms with Gasteiger partial charge in [-0.1, -0.05) is 0 Å². The van der Waals surface area contributed by atoms with E-state index in [9.17, 15) is 9.59 Å². The lowest BCUT2D eigenvalue weighted by Gasteiger charge is -2.20. The number of hydrogen-bond donors (Lipinski definition) is 2. The summed E-state index contributed by atoms with van der Waals surface area (Å²) in [5.41, 5.74) is 0. The van der Waals surface area contributed by atoms with E-state index in [1.807, 2.05) is 13.8 Å². The summed E-state index contributed by atoms with van der Waals surface area (Å²) in [6.45, 7) is 6.21. The second kappa shape index (κ2) is 5.34. The van der Waals surface area contributed by atoms with E-state index < -0.39 is 6.04 Å². The molecule has 2 aliphatic rings. The highest BCUT2D eigenvalue weighted by atomic mass is 16.2. The van der Waals surface area contributed by atoms with Gasteiger partial charge in [-0.25, -0.2) is 4.68 Å². The van der Waals surface area contributed by atoms with Crippen molar-refractivity contribution in [2.45, 2.75) is 45.3 Å². The number of fused-ring (bicyclic) bond motifs is 1. The van der Waals surface area contributed by atoms with Crippen LogP contribution in [0.2, 0.25) is 0 Å². The number of likely N-dealkylation sites (tertiary alicyclic amines) is 1. The molecule has 3 rings (SSSR count). The molecule has 2 amide bonds. The Morgan fingerprint density at radius 3 is 2.90 bits per heavy atom. The molecule has 0 radical (unpaired) electrons. The van der Waals surface area contributed by atoms with Crippen molar-refractivity contribution in [2.24, 2.45) is 0 Å². The first-order chi connectivity index (χ1) is 10.1. The third-order valence-electron chi connectivity index (χ3n) is 3.87. The highest BCUT2D eigenvalue weighted by molar-refractivity contribution is 5.95. The number of nitrogens with zero attached hydrogens (tertiary/aromatic N) is 4. The number of amides is 2. The molecule has 8 heteroatoms. The molecule has 2 aliphatic heterocycles. The first kappa shape index (κ1) is 13.8. The zero-order valence-corrected chi connectivity index (χ0v) is 12.3. The van der Waals surface area contributed by atoms with Crippen molar-refractivity contribution in [3.63, 3.8) is 0 Å². The molecule has 1 atom stereocenters. The maximum Gasteiger partial charge on any atom is 0.291 e. The van der Waals surface area contributed by atoms with Crippen molar-refractivity contribution in [2.75, 3.05) is 18.4 Å². The van der Waals surface area contributed by atoms with Crippen LogP contribution < -0.4 is 10.6 Å². The molecule has 21 heavy (non-hydrogen) atoms. The first-order valence-corrected chi connectivity index (χ1v) is 7.36. The van der Waals surface area contributed by atoms with Gasteiger partial charge in [0.15, 0.2) is 0 Å². The first-order valence-electron chi connectivity index (χ1n) is 7.36. The Hall–Kier alpha value is -2.12. The predicted molar refractivity (Wildman–Crippen MR) is 75.8 cm³/mol. The fourth-order valence-corrected chi connectivity index (χ4v) is 2.73. The third-order valence-corrected chi connectivity index (χ3v) is 3.87. The van der Waals surface area contributed by atoms with Gasteiger partial charge in [-0.05, 0) is 26.7 Å². The fourth-order valence-electron chi connectivity index (χ4n) is 2.73. The highest BCUT2D eigenvalue weighted by Gasteiger charge is 2.34. The molecule has 3 heterocycles. The lowest BCUT2D eigenvalue weighted by atomic mass is 10.2. The summed E-state index contributed by atoms with van der Waals surface area (Å²) in [5.74, 6) is 0.325. The van der Waals surface area contributed by atoms with E-state index in [1.54, 1.807) is 9.58 Å². The molecule has 1 fully saturated rings. The molecule has 0 aromatic carbocycles. The van der Waals surface area contributed by atoms with Crippen molar-refractivity contribution < 1.29 is 9.59 Å². The molecule has 1 saturated heterocycles. The minimum Gasteiger partial charge on any atom is -0.354 e. The Balaban J connectivity index is 1.67. The molecular weight excluding hydrogens is 272 g/mol. The van der Waals surface area contributed by atoms with Crippen molar-refractivity contribution >= 4 is 17.8 Å². The highest BCUT2D eigenvalue weighted by Crippen LogP contribution is 2.15. The monoisotopic (exact) mass is 292 g/mol. The molecule has 2 N–H and O–H groups in total. The van der Waals surface area contributed by atoms with Crippen LogP contribution in [0.3, 0.4) is 0 Å². The van der Waals surface area contributed by atoms with Crippen LogP contribution in [0, 0.1) is 0 Å². The summed E-state index contributed by atoms with van der Waals surface area (Å²) < 4.78 is 1.69. The summed E-state index contributed by atoms with van der Waals surface area (Å²) >= 11 is 0. The van der Waals surface area contributed by atoms with Crippen LogP contribution in [-0.2, 0) is 11.3 Å². The summed E-state index contributed by atoms with van der Waals surface area (Å²) in [6, 6.07) is -0.310. The van der Waals surface area contributed by atoms with Gasteiger partial charge in [0.1, 0.15) is 6.04 Å². The van der Waals surface area contributed by atoms with Crippen LogP contribution in [0.4, 0.5) is 5.95 Å².